The lowest BCUT2D eigenvalue weighted by Gasteiger charge is -2.16. The Morgan fingerprint density at radius 3 is 2.61 bits per heavy atom. The Kier molecular flexibility index (Phi) is 7.02. The number of hydrogen-bond acceptors (Lipinski definition) is 2. The minimum atomic E-state index is 0.232. The summed E-state index contributed by atoms with van der Waals surface area (Å²) in [4.78, 5) is 2.21. The average molecular weight is 289 g/mol. The topological polar surface area (TPSA) is 15.3 Å². The lowest BCUT2D eigenvalue weighted by Crippen LogP contribution is -2.21. The monoisotopic (exact) mass is 288 g/mol. The molecule has 0 radical (unpaired) electrons. The van der Waals surface area contributed by atoms with Gasteiger partial charge in [-0.15, -0.1) is 0 Å². The van der Waals surface area contributed by atoms with E-state index in [1.165, 1.54) is 12.8 Å². The summed E-state index contributed by atoms with van der Waals surface area (Å²) in [5.74, 6) is 0. The van der Waals surface area contributed by atoms with Crippen molar-refractivity contribution in [1.29, 1.82) is 0 Å². The smallest absolute Gasteiger partial charge is 0.0639 e. The molecule has 18 heavy (non-hydrogen) atoms. The third kappa shape index (κ3) is 5.15. The Labute approximate surface area is 120 Å². The van der Waals surface area contributed by atoms with Crippen LogP contribution in [0.25, 0.3) is 0 Å². The van der Waals surface area contributed by atoms with E-state index in [4.69, 9.17) is 23.2 Å². The van der Waals surface area contributed by atoms with Crippen LogP contribution in [0.3, 0.4) is 0 Å². The van der Waals surface area contributed by atoms with Gasteiger partial charge in [0.25, 0.3) is 0 Å². The predicted octanol–water partition coefficient (Wildman–Crippen LogP) is 3.99. The molecule has 1 aromatic rings. The zero-order valence-electron chi connectivity index (χ0n) is 11.3. The van der Waals surface area contributed by atoms with Crippen LogP contribution in [0.4, 0.5) is 0 Å². The first-order chi connectivity index (χ1) is 8.52. The van der Waals surface area contributed by atoms with Gasteiger partial charge in [-0.1, -0.05) is 35.3 Å². The van der Waals surface area contributed by atoms with Gasteiger partial charge in [-0.2, -0.15) is 0 Å². The van der Waals surface area contributed by atoms with Crippen LogP contribution in [-0.2, 0) is 0 Å². The molecule has 1 aromatic carbocycles. The lowest BCUT2D eigenvalue weighted by atomic mass is 10.1. The molecule has 0 amide bonds. The largest absolute Gasteiger partial charge is 0.310 e. The highest BCUT2D eigenvalue weighted by atomic mass is 35.5. The van der Waals surface area contributed by atoms with E-state index in [1.54, 1.807) is 0 Å². The second-order valence-corrected chi connectivity index (χ2v) is 5.61. The second kappa shape index (κ2) is 8.00. The van der Waals surface area contributed by atoms with Crippen LogP contribution in [-0.4, -0.2) is 32.1 Å². The minimum Gasteiger partial charge on any atom is -0.310 e. The van der Waals surface area contributed by atoms with E-state index >= 15 is 0 Å². The quantitative estimate of drug-likeness (QED) is 0.764. The third-order valence-electron chi connectivity index (χ3n) is 2.93. The molecule has 0 aliphatic rings. The first kappa shape index (κ1) is 15.8. The van der Waals surface area contributed by atoms with E-state index < -0.39 is 0 Å². The SMILES string of the molecule is CC(NCCCCN(C)C)c1cccc(Cl)c1Cl. The molecule has 1 rings (SSSR count). The molecule has 2 nitrogen and oxygen atoms in total. The Bertz CT molecular complexity index is 367. The molecule has 0 saturated carbocycles. The van der Waals surface area contributed by atoms with Crippen LogP contribution >= 0.6 is 23.2 Å². The highest BCUT2D eigenvalue weighted by molar-refractivity contribution is 6.42. The Hall–Kier alpha value is -0.280. The number of unbranched alkanes of at least 4 members (excludes halogenated alkanes) is 1. The van der Waals surface area contributed by atoms with Crippen molar-refractivity contribution in [2.75, 3.05) is 27.2 Å². The van der Waals surface area contributed by atoms with Crippen molar-refractivity contribution in [1.82, 2.24) is 10.2 Å². The molecule has 0 spiro atoms. The highest BCUT2D eigenvalue weighted by Crippen LogP contribution is 2.29. The van der Waals surface area contributed by atoms with Crippen molar-refractivity contribution < 1.29 is 0 Å². The molecule has 0 heterocycles. The molecular formula is C14H22Cl2N2. The maximum Gasteiger partial charge on any atom is 0.0639 e. The molecular weight excluding hydrogens is 267 g/mol. The van der Waals surface area contributed by atoms with Crippen molar-refractivity contribution in [3.63, 3.8) is 0 Å². The van der Waals surface area contributed by atoms with Gasteiger partial charge < -0.3 is 10.2 Å². The first-order valence-electron chi connectivity index (χ1n) is 6.34. The number of halogens is 2. The molecule has 0 aliphatic heterocycles. The molecule has 0 aliphatic carbocycles. The summed E-state index contributed by atoms with van der Waals surface area (Å²) in [7, 11) is 4.20. The van der Waals surface area contributed by atoms with Gasteiger partial charge in [0.2, 0.25) is 0 Å². The van der Waals surface area contributed by atoms with Crippen LogP contribution in [0.1, 0.15) is 31.4 Å². The predicted molar refractivity (Wildman–Crippen MR) is 80.7 cm³/mol. The molecule has 1 N–H and O–H groups in total. The molecule has 0 bridgehead atoms. The van der Waals surface area contributed by atoms with Crippen LogP contribution < -0.4 is 5.32 Å². The third-order valence-corrected chi connectivity index (χ3v) is 3.76. The van der Waals surface area contributed by atoms with Gasteiger partial charge in [-0.3, -0.25) is 0 Å². The minimum absolute atomic E-state index is 0.232. The van der Waals surface area contributed by atoms with Crippen LogP contribution in [0, 0.1) is 0 Å². The van der Waals surface area contributed by atoms with E-state index in [2.05, 4.69) is 31.2 Å². The summed E-state index contributed by atoms with van der Waals surface area (Å²) in [5.41, 5.74) is 1.07. The van der Waals surface area contributed by atoms with E-state index in [1.807, 2.05) is 18.2 Å². The van der Waals surface area contributed by atoms with Gasteiger partial charge >= 0.3 is 0 Å². The summed E-state index contributed by atoms with van der Waals surface area (Å²) in [6, 6.07) is 6.01. The Morgan fingerprint density at radius 1 is 1.22 bits per heavy atom. The summed E-state index contributed by atoms with van der Waals surface area (Å²) in [6.45, 7) is 4.25. The van der Waals surface area contributed by atoms with E-state index in [0.29, 0.717) is 10.0 Å². The Balaban J connectivity index is 2.36. The summed E-state index contributed by atoms with van der Waals surface area (Å²) in [5, 5.41) is 4.76. The normalized spacial score (nSPS) is 13.0. The van der Waals surface area contributed by atoms with Gasteiger partial charge in [0.05, 0.1) is 10.0 Å². The number of nitrogens with one attached hydrogen (secondary N) is 1. The lowest BCUT2D eigenvalue weighted by molar-refractivity contribution is 0.389. The zero-order valence-corrected chi connectivity index (χ0v) is 12.9. The molecule has 1 unspecified atom stereocenters. The standard InChI is InChI=1S/C14H22Cl2N2/c1-11(17-9-4-5-10-18(2)3)12-7-6-8-13(15)14(12)16/h6-8,11,17H,4-5,9-10H2,1-3H3. The number of nitrogens with zero attached hydrogens (tertiary/aromatic N) is 1. The van der Waals surface area contributed by atoms with Crippen molar-refractivity contribution in [3.05, 3.63) is 33.8 Å². The second-order valence-electron chi connectivity index (χ2n) is 4.83. The summed E-state index contributed by atoms with van der Waals surface area (Å²) in [6.07, 6.45) is 2.37. The molecule has 1 atom stereocenters. The van der Waals surface area contributed by atoms with Gasteiger partial charge in [0, 0.05) is 6.04 Å². The fourth-order valence-electron chi connectivity index (χ4n) is 1.84. The Morgan fingerprint density at radius 2 is 1.94 bits per heavy atom. The molecule has 4 heteroatoms. The number of rotatable bonds is 7. The van der Waals surface area contributed by atoms with E-state index in [-0.39, 0.29) is 6.04 Å². The maximum atomic E-state index is 6.19. The molecule has 0 fully saturated rings. The van der Waals surface area contributed by atoms with Gasteiger partial charge in [0.15, 0.2) is 0 Å². The van der Waals surface area contributed by atoms with Gasteiger partial charge in [-0.05, 0) is 58.6 Å². The molecule has 0 saturated heterocycles. The van der Waals surface area contributed by atoms with Crippen molar-refractivity contribution in [2.24, 2.45) is 0 Å². The van der Waals surface area contributed by atoms with Crippen LogP contribution in [0.2, 0.25) is 10.0 Å². The van der Waals surface area contributed by atoms with Crippen molar-refractivity contribution in [2.45, 2.75) is 25.8 Å². The number of hydrogen-bond donors (Lipinski definition) is 1. The van der Waals surface area contributed by atoms with Crippen LogP contribution in [0.5, 0.6) is 0 Å². The highest BCUT2D eigenvalue weighted by Gasteiger charge is 2.10. The van der Waals surface area contributed by atoms with Gasteiger partial charge in [0.1, 0.15) is 0 Å². The molecule has 0 aromatic heterocycles. The van der Waals surface area contributed by atoms with Crippen molar-refractivity contribution in [3.8, 4) is 0 Å². The average Bonchev–Trinajstić information content (AvgIpc) is 2.31. The van der Waals surface area contributed by atoms with E-state index in [0.717, 1.165) is 18.7 Å². The fraction of sp³-hybridized carbons (Fsp3) is 0.571. The van der Waals surface area contributed by atoms with E-state index in [9.17, 15) is 0 Å². The summed E-state index contributed by atoms with van der Waals surface area (Å²) >= 11 is 12.2. The zero-order chi connectivity index (χ0) is 13.5. The summed E-state index contributed by atoms with van der Waals surface area (Å²) < 4.78 is 0. The van der Waals surface area contributed by atoms with Crippen LogP contribution in [0.15, 0.2) is 18.2 Å². The molecule has 102 valence electrons. The van der Waals surface area contributed by atoms with Gasteiger partial charge in [-0.25, -0.2) is 0 Å². The maximum absolute atomic E-state index is 6.19. The fourth-order valence-corrected chi connectivity index (χ4v) is 2.31. The van der Waals surface area contributed by atoms with Crippen molar-refractivity contribution >= 4 is 23.2 Å². The first-order valence-corrected chi connectivity index (χ1v) is 7.10. The number of benzene rings is 1.